The van der Waals surface area contributed by atoms with E-state index in [0.29, 0.717) is 0 Å². The molecule has 0 aliphatic heterocycles. The van der Waals surface area contributed by atoms with Crippen LogP contribution in [0.25, 0.3) is 0 Å². The van der Waals surface area contributed by atoms with Crippen LogP contribution in [-0.2, 0) is 23.2 Å². The molecule has 5 nitrogen and oxygen atoms in total. The molecule has 0 fully saturated rings. The van der Waals surface area contributed by atoms with Crippen LogP contribution in [-0.4, -0.2) is 23.2 Å². The number of halogens is 3. The Morgan fingerprint density at radius 1 is 1.32 bits per heavy atom. The van der Waals surface area contributed by atoms with Crippen molar-refractivity contribution in [2.45, 2.75) is 45.3 Å². The predicted molar refractivity (Wildman–Crippen MR) is 61.0 cm³/mol. The molecule has 0 aromatic carbocycles. The fourth-order valence-electron chi connectivity index (χ4n) is 1.22. The summed E-state index contributed by atoms with van der Waals surface area (Å²) in [6.45, 7) is 6.61. The highest BCUT2D eigenvalue weighted by Crippen LogP contribution is 2.20. The summed E-state index contributed by atoms with van der Waals surface area (Å²) in [7, 11) is -6.09. The Morgan fingerprint density at radius 3 is 2.21 bits per heavy atom. The first-order valence-electron chi connectivity index (χ1n) is 5.70. The number of unbranched alkanes of at least 4 members (excludes halogenated alkanes) is 1. The molecule has 1 rings (SSSR count). The van der Waals surface area contributed by atoms with Crippen molar-refractivity contribution < 1.29 is 30.8 Å². The highest BCUT2D eigenvalue weighted by atomic mass is 32.2. The van der Waals surface area contributed by atoms with Crippen LogP contribution < -0.4 is 4.68 Å². The number of aryl methyl sites for hydroxylation is 2. The van der Waals surface area contributed by atoms with Gasteiger partial charge >= 0.3 is 5.51 Å². The maximum atomic E-state index is 10.7. The Kier molecular flexibility index (Phi) is 7.06. The summed E-state index contributed by atoms with van der Waals surface area (Å²) < 4.78 is 63.4. The van der Waals surface area contributed by atoms with E-state index in [-0.39, 0.29) is 0 Å². The largest absolute Gasteiger partial charge is 0.741 e. The SMILES string of the molecule is CCCC[n+]1cccn1CC.O=S(=O)([O-])C(F)(F)F. The third-order valence-corrected chi connectivity index (χ3v) is 2.76. The van der Waals surface area contributed by atoms with E-state index in [1.165, 1.54) is 12.8 Å². The zero-order valence-corrected chi connectivity index (χ0v) is 11.5. The number of hydrogen-bond donors (Lipinski definition) is 0. The van der Waals surface area contributed by atoms with Gasteiger partial charge in [0, 0.05) is 12.5 Å². The first-order valence-corrected chi connectivity index (χ1v) is 7.11. The van der Waals surface area contributed by atoms with Crippen molar-refractivity contribution in [3.05, 3.63) is 18.5 Å². The molecule has 0 aliphatic rings. The normalized spacial score (nSPS) is 11.9. The van der Waals surface area contributed by atoms with Crippen molar-refractivity contribution in [2.75, 3.05) is 0 Å². The summed E-state index contributed by atoms with van der Waals surface area (Å²) in [6, 6.07) is 2.10. The van der Waals surface area contributed by atoms with Gasteiger partial charge in [-0.05, 0) is 6.92 Å². The van der Waals surface area contributed by atoms with E-state index in [2.05, 4.69) is 41.7 Å². The molecular formula is C10H17F3N2O3S. The first kappa shape index (κ1) is 17.9. The van der Waals surface area contributed by atoms with Crippen molar-refractivity contribution in [3.8, 4) is 0 Å². The van der Waals surface area contributed by atoms with Gasteiger partial charge in [-0.25, -0.2) is 8.42 Å². The molecule has 0 N–H and O–H groups in total. The number of hydrogen-bond acceptors (Lipinski definition) is 3. The number of alkyl halides is 3. The first-order chi connectivity index (χ1) is 8.63. The summed E-state index contributed by atoms with van der Waals surface area (Å²) in [5.74, 6) is 0. The molecular weight excluding hydrogens is 285 g/mol. The standard InChI is InChI=1S/C9H17N2.CHF3O3S/c1-3-5-7-11-9-6-8-10(11)4-2;2-1(3,4)8(5,6)7/h6,8-9H,3-5,7H2,1-2H3;(H,5,6,7)/q+1;/p-1. The highest BCUT2D eigenvalue weighted by Gasteiger charge is 2.36. The lowest BCUT2D eigenvalue weighted by Gasteiger charge is -2.08. The second-order valence-corrected chi connectivity index (χ2v) is 5.03. The molecule has 0 radical (unpaired) electrons. The molecule has 0 spiro atoms. The van der Waals surface area contributed by atoms with Gasteiger partial charge in [0.2, 0.25) is 0 Å². The molecule has 112 valence electrons. The maximum absolute atomic E-state index is 10.7. The molecule has 1 heterocycles. The Hall–Kier alpha value is -1.09. The highest BCUT2D eigenvalue weighted by molar-refractivity contribution is 7.86. The van der Waals surface area contributed by atoms with E-state index in [4.69, 9.17) is 13.0 Å². The van der Waals surface area contributed by atoms with Gasteiger partial charge in [0.15, 0.2) is 22.9 Å². The lowest BCUT2D eigenvalue weighted by molar-refractivity contribution is -0.775. The predicted octanol–water partition coefficient (Wildman–Crippen LogP) is 1.65. The van der Waals surface area contributed by atoms with Crippen LogP contribution in [0.5, 0.6) is 0 Å². The Bertz CT molecular complexity index is 469. The lowest BCUT2D eigenvalue weighted by atomic mass is 10.3. The van der Waals surface area contributed by atoms with Gasteiger partial charge < -0.3 is 4.55 Å². The van der Waals surface area contributed by atoms with E-state index < -0.39 is 15.6 Å². The van der Waals surface area contributed by atoms with Gasteiger partial charge in [0.1, 0.15) is 0 Å². The van der Waals surface area contributed by atoms with Crippen molar-refractivity contribution in [1.29, 1.82) is 0 Å². The third-order valence-electron chi connectivity index (χ3n) is 2.19. The molecule has 0 saturated heterocycles. The minimum atomic E-state index is -6.09. The number of nitrogens with zero attached hydrogens (tertiary/aromatic N) is 2. The van der Waals surface area contributed by atoms with E-state index in [1.807, 2.05) is 0 Å². The lowest BCUT2D eigenvalue weighted by Crippen LogP contribution is -2.41. The van der Waals surface area contributed by atoms with E-state index >= 15 is 0 Å². The topological polar surface area (TPSA) is 66.0 Å². The van der Waals surface area contributed by atoms with Crippen LogP contribution in [0.2, 0.25) is 0 Å². The Labute approximate surface area is 110 Å². The van der Waals surface area contributed by atoms with Gasteiger partial charge in [-0.2, -0.15) is 17.9 Å². The summed E-state index contributed by atoms with van der Waals surface area (Å²) in [5, 5.41) is 0. The molecule has 0 saturated carbocycles. The van der Waals surface area contributed by atoms with Crippen molar-refractivity contribution >= 4 is 10.1 Å². The summed E-state index contributed by atoms with van der Waals surface area (Å²) in [5.41, 5.74) is -5.65. The van der Waals surface area contributed by atoms with Crippen LogP contribution in [0.1, 0.15) is 26.7 Å². The number of rotatable bonds is 4. The average Bonchev–Trinajstić information content (AvgIpc) is 2.71. The molecule has 9 heteroatoms. The molecule has 1 aromatic rings. The second kappa shape index (κ2) is 7.49. The van der Waals surface area contributed by atoms with E-state index in [1.54, 1.807) is 0 Å². The summed E-state index contributed by atoms with van der Waals surface area (Å²) >= 11 is 0. The second-order valence-electron chi connectivity index (χ2n) is 3.66. The van der Waals surface area contributed by atoms with Gasteiger partial charge in [-0.15, -0.1) is 4.68 Å². The van der Waals surface area contributed by atoms with Crippen LogP contribution in [0, 0.1) is 0 Å². The van der Waals surface area contributed by atoms with E-state index in [9.17, 15) is 13.2 Å². The van der Waals surface area contributed by atoms with Gasteiger partial charge in [-0.3, -0.25) is 0 Å². The van der Waals surface area contributed by atoms with Gasteiger partial charge in [0.25, 0.3) is 0 Å². The molecule has 0 unspecified atom stereocenters. The molecule has 1 aromatic heterocycles. The quantitative estimate of drug-likeness (QED) is 0.482. The smallest absolute Gasteiger partial charge is 0.485 e. The van der Waals surface area contributed by atoms with Crippen LogP contribution in [0.3, 0.4) is 0 Å². The van der Waals surface area contributed by atoms with Crippen LogP contribution in [0.4, 0.5) is 13.2 Å². The van der Waals surface area contributed by atoms with Crippen LogP contribution in [0.15, 0.2) is 18.5 Å². The Morgan fingerprint density at radius 2 is 1.84 bits per heavy atom. The minimum Gasteiger partial charge on any atom is -0.741 e. The van der Waals surface area contributed by atoms with E-state index in [0.717, 1.165) is 13.1 Å². The van der Waals surface area contributed by atoms with Crippen LogP contribution >= 0.6 is 0 Å². The van der Waals surface area contributed by atoms with Crippen molar-refractivity contribution in [3.63, 3.8) is 0 Å². The minimum absolute atomic E-state index is 1.07. The molecule has 19 heavy (non-hydrogen) atoms. The summed E-state index contributed by atoms with van der Waals surface area (Å²) in [4.78, 5) is 0. The summed E-state index contributed by atoms with van der Waals surface area (Å²) in [6.07, 6.45) is 6.80. The monoisotopic (exact) mass is 302 g/mol. The van der Waals surface area contributed by atoms with Crippen molar-refractivity contribution in [1.82, 2.24) is 4.68 Å². The molecule has 0 amide bonds. The number of aromatic nitrogens is 2. The maximum Gasteiger partial charge on any atom is 0.485 e. The average molecular weight is 302 g/mol. The third kappa shape index (κ3) is 6.58. The Balaban J connectivity index is 0.000000362. The fraction of sp³-hybridized carbons (Fsp3) is 0.700. The zero-order valence-electron chi connectivity index (χ0n) is 10.7. The van der Waals surface area contributed by atoms with Crippen molar-refractivity contribution in [2.24, 2.45) is 0 Å². The fourth-order valence-corrected chi connectivity index (χ4v) is 1.22. The molecule has 0 atom stereocenters. The van der Waals surface area contributed by atoms with Gasteiger partial charge in [-0.1, -0.05) is 13.3 Å². The molecule has 0 bridgehead atoms. The van der Waals surface area contributed by atoms with Gasteiger partial charge in [0.05, 0.1) is 12.7 Å². The molecule has 0 aliphatic carbocycles. The zero-order chi connectivity index (χ0) is 15.1.